The van der Waals surface area contributed by atoms with Crippen molar-refractivity contribution in [3.8, 4) is 11.6 Å². The molecular formula is C22H27N5O4. The van der Waals surface area contributed by atoms with Crippen LogP contribution in [0.3, 0.4) is 0 Å². The van der Waals surface area contributed by atoms with Gasteiger partial charge in [-0.3, -0.25) is 4.79 Å². The molecule has 1 amide bonds. The van der Waals surface area contributed by atoms with Crippen LogP contribution in [0.25, 0.3) is 16.7 Å². The van der Waals surface area contributed by atoms with Gasteiger partial charge < -0.3 is 19.5 Å². The molecular weight excluding hydrogens is 398 g/mol. The van der Waals surface area contributed by atoms with Crippen LogP contribution in [-0.4, -0.2) is 52.1 Å². The standard InChI is InChI=1S/C22H27N5O4/c1-13(2)31-16-8-19(22(29-5)6-7-30-12-22)25-21(9-16)27-18-10-20(24-15(4)28)23-11-17(18)14(3)26-27/h8-11,13H,6-7,12H2,1-5H3,(H,23,24,28). The van der Waals surface area contributed by atoms with Crippen LogP contribution >= 0.6 is 0 Å². The molecule has 1 saturated heterocycles. The third-order valence-corrected chi connectivity index (χ3v) is 5.27. The van der Waals surface area contributed by atoms with Crippen LogP contribution in [0.5, 0.6) is 5.75 Å². The molecule has 0 bridgehead atoms. The number of hydrogen-bond donors (Lipinski definition) is 1. The number of aryl methyl sites for hydroxylation is 1. The molecule has 0 aromatic carbocycles. The number of anilines is 1. The maximum Gasteiger partial charge on any atom is 0.222 e. The SMILES string of the molecule is COC1(c2cc(OC(C)C)cc(-n3nc(C)c4cnc(NC(C)=O)cc43)n2)CCOC1. The molecule has 4 heterocycles. The molecule has 1 unspecified atom stereocenters. The number of nitrogens with one attached hydrogen (secondary N) is 1. The predicted octanol–water partition coefficient (Wildman–Crippen LogP) is 3.13. The first-order valence-electron chi connectivity index (χ1n) is 10.3. The minimum Gasteiger partial charge on any atom is -0.491 e. The summed E-state index contributed by atoms with van der Waals surface area (Å²) in [5.74, 6) is 1.53. The number of nitrogens with zero attached hydrogens (tertiary/aromatic N) is 4. The lowest BCUT2D eigenvalue weighted by molar-refractivity contribution is -0.114. The number of ether oxygens (including phenoxy) is 3. The Morgan fingerprint density at radius 1 is 1.32 bits per heavy atom. The molecule has 0 saturated carbocycles. The Hall–Kier alpha value is -3.04. The molecule has 9 nitrogen and oxygen atoms in total. The largest absolute Gasteiger partial charge is 0.491 e. The molecule has 1 aliphatic heterocycles. The lowest BCUT2D eigenvalue weighted by Crippen LogP contribution is -2.30. The van der Waals surface area contributed by atoms with Gasteiger partial charge in [0.1, 0.15) is 17.2 Å². The molecule has 31 heavy (non-hydrogen) atoms. The number of aromatic nitrogens is 4. The molecule has 1 atom stereocenters. The maximum atomic E-state index is 11.5. The topological polar surface area (TPSA) is 100 Å². The molecule has 0 aliphatic carbocycles. The highest BCUT2D eigenvalue weighted by atomic mass is 16.5. The van der Waals surface area contributed by atoms with Crippen molar-refractivity contribution in [1.82, 2.24) is 19.7 Å². The van der Waals surface area contributed by atoms with Crippen molar-refractivity contribution >= 4 is 22.6 Å². The summed E-state index contributed by atoms with van der Waals surface area (Å²) in [7, 11) is 1.67. The Morgan fingerprint density at radius 3 is 2.77 bits per heavy atom. The van der Waals surface area contributed by atoms with Crippen molar-refractivity contribution in [3.63, 3.8) is 0 Å². The first-order valence-corrected chi connectivity index (χ1v) is 10.3. The zero-order valence-electron chi connectivity index (χ0n) is 18.4. The molecule has 164 valence electrons. The number of amides is 1. The van der Waals surface area contributed by atoms with Gasteiger partial charge in [0.05, 0.1) is 29.6 Å². The van der Waals surface area contributed by atoms with E-state index in [1.165, 1.54) is 6.92 Å². The van der Waals surface area contributed by atoms with Gasteiger partial charge in [-0.2, -0.15) is 5.10 Å². The molecule has 4 rings (SSSR count). The molecule has 9 heteroatoms. The number of carbonyl (C=O) groups is 1. The van der Waals surface area contributed by atoms with Crippen molar-refractivity contribution in [3.05, 3.63) is 35.8 Å². The van der Waals surface area contributed by atoms with Crippen LogP contribution < -0.4 is 10.1 Å². The van der Waals surface area contributed by atoms with Crippen LogP contribution in [0.2, 0.25) is 0 Å². The maximum absolute atomic E-state index is 11.5. The summed E-state index contributed by atoms with van der Waals surface area (Å²) in [6, 6.07) is 5.55. The number of pyridine rings is 2. The average Bonchev–Trinajstić information content (AvgIpc) is 3.32. The fraction of sp³-hybridized carbons (Fsp3) is 0.455. The van der Waals surface area contributed by atoms with Gasteiger partial charge in [0.25, 0.3) is 0 Å². The average molecular weight is 425 g/mol. The van der Waals surface area contributed by atoms with E-state index in [0.717, 1.165) is 22.3 Å². The second-order valence-corrected chi connectivity index (χ2v) is 7.98. The van der Waals surface area contributed by atoms with Gasteiger partial charge in [-0.15, -0.1) is 0 Å². The van der Waals surface area contributed by atoms with E-state index in [-0.39, 0.29) is 12.0 Å². The second kappa shape index (κ2) is 8.24. The smallest absolute Gasteiger partial charge is 0.222 e. The minimum absolute atomic E-state index is 0.00639. The van der Waals surface area contributed by atoms with Crippen LogP contribution in [-0.2, 0) is 19.9 Å². The first-order chi connectivity index (χ1) is 14.8. The molecule has 1 fully saturated rings. The lowest BCUT2D eigenvalue weighted by Gasteiger charge is -2.26. The van der Waals surface area contributed by atoms with E-state index in [4.69, 9.17) is 24.3 Å². The van der Waals surface area contributed by atoms with Crippen molar-refractivity contribution in [2.75, 3.05) is 25.6 Å². The van der Waals surface area contributed by atoms with Crippen molar-refractivity contribution in [2.45, 2.75) is 45.8 Å². The highest BCUT2D eigenvalue weighted by Gasteiger charge is 2.39. The normalized spacial score (nSPS) is 18.6. The predicted molar refractivity (Wildman–Crippen MR) is 116 cm³/mol. The van der Waals surface area contributed by atoms with Gasteiger partial charge in [0.15, 0.2) is 5.82 Å². The van der Waals surface area contributed by atoms with Crippen LogP contribution in [0.4, 0.5) is 5.82 Å². The summed E-state index contributed by atoms with van der Waals surface area (Å²) in [5, 5.41) is 8.28. The molecule has 1 N–H and O–H groups in total. The fourth-order valence-electron chi connectivity index (χ4n) is 3.77. The lowest BCUT2D eigenvalue weighted by atomic mass is 9.97. The van der Waals surface area contributed by atoms with Gasteiger partial charge in [-0.05, 0) is 20.8 Å². The Bertz CT molecular complexity index is 1120. The van der Waals surface area contributed by atoms with Gasteiger partial charge in [-0.25, -0.2) is 14.6 Å². The minimum atomic E-state index is -0.633. The summed E-state index contributed by atoms with van der Waals surface area (Å²) in [6.45, 7) is 8.34. The Balaban J connectivity index is 1.89. The monoisotopic (exact) mass is 425 g/mol. The van der Waals surface area contributed by atoms with Crippen molar-refractivity contribution in [1.29, 1.82) is 0 Å². The summed E-state index contributed by atoms with van der Waals surface area (Å²) in [5.41, 5.74) is 1.69. The number of fused-ring (bicyclic) bond motifs is 1. The molecule has 0 radical (unpaired) electrons. The summed E-state index contributed by atoms with van der Waals surface area (Å²) in [6.07, 6.45) is 2.40. The molecule has 3 aromatic heterocycles. The van der Waals surface area contributed by atoms with E-state index >= 15 is 0 Å². The van der Waals surface area contributed by atoms with Gasteiger partial charge in [0, 0.05) is 56.8 Å². The first kappa shape index (κ1) is 21.2. The number of methoxy groups -OCH3 is 1. The van der Waals surface area contributed by atoms with Gasteiger partial charge >= 0.3 is 0 Å². The number of carbonyl (C=O) groups excluding carboxylic acids is 1. The van der Waals surface area contributed by atoms with E-state index in [1.54, 1.807) is 24.1 Å². The van der Waals surface area contributed by atoms with E-state index < -0.39 is 5.60 Å². The van der Waals surface area contributed by atoms with Crippen LogP contribution in [0.15, 0.2) is 24.4 Å². The van der Waals surface area contributed by atoms with E-state index in [2.05, 4.69) is 10.3 Å². The molecule has 3 aromatic rings. The molecule has 0 spiro atoms. The van der Waals surface area contributed by atoms with E-state index in [1.807, 2.05) is 32.9 Å². The zero-order valence-corrected chi connectivity index (χ0v) is 18.4. The summed E-state index contributed by atoms with van der Waals surface area (Å²) < 4.78 is 19.2. The Morgan fingerprint density at radius 2 is 2.13 bits per heavy atom. The third kappa shape index (κ3) is 4.11. The number of rotatable bonds is 6. The highest BCUT2D eigenvalue weighted by molar-refractivity contribution is 5.91. The third-order valence-electron chi connectivity index (χ3n) is 5.27. The fourth-order valence-corrected chi connectivity index (χ4v) is 3.77. The van der Waals surface area contributed by atoms with Crippen molar-refractivity contribution < 1.29 is 19.0 Å². The highest BCUT2D eigenvalue weighted by Crippen LogP contribution is 2.36. The van der Waals surface area contributed by atoms with E-state index in [0.29, 0.717) is 37.0 Å². The summed E-state index contributed by atoms with van der Waals surface area (Å²) in [4.78, 5) is 20.7. The van der Waals surface area contributed by atoms with Gasteiger partial charge in [-0.1, -0.05) is 0 Å². The van der Waals surface area contributed by atoms with Crippen LogP contribution in [0.1, 0.15) is 38.6 Å². The van der Waals surface area contributed by atoms with Crippen LogP contribution in [0, 0.1) is 6.92 Å². The summed E-state index contributed by atoms with van der Waals surface area (Å²) >= 11 is 0. The molecule has 1 aliphatic rings. The Labute approximate surface area is 180 Å². The van der Waals surface area contributed by atoms with E-state index in [9.17, 15) is 4.79 Å². The number of hydrogen-bond acceptors (Lipinski definition) is 7. The van der Waals surface area contributed by atoms with Gasteiger partial charge in [0.2, 0.25) is 5.91 Å². The second-order valence-electron chi connectivity index (χ2n) is 7.98. The Kier molecular flexibility index (Phi) is 5.63. The van der Waals surface area contributed by atoms with Crippen molar-refractivity contribution in [2.24, 2.45) is 0 Å². The zero-order chi connectivity index (χ0) is 22.2. The quantitative estimate of drug-likeness (QED) is 0.647.